The van der Waals surface area contributed by atoms with Crippen LogP contribution in [-0.2, 0) is 17.3 Å². The van der Waals surface area contributed by atoms with E-state index in [0.29, 0.717) is 22.1 Å². The fraction of sp³-hybridized carbons (Fsp3) is 0.227. The fourth-order valence-electron chi connectivity index (χ4n) is 3.62. The van der Waals surface area contributed by atoms with Crippen molar-refractivity contribution in [3.63, 3.8) is 0 Å². The van der Waals surface area contributed by atoms with Gasteiger partial charge < -0.3 is 9.88 Å². The molecule has 0 saturated heterocycles. The summed E-state index contributed by atoms with van der Waals surface area (Å²) in [6.45, 7) is 0. The van der Waals surface area contributed by atoms with Crippen LogP contribution in [0.15, 0.2) is 60.9 Å². The second-order valence-electron chi connectivity index (χ2n) is 7.16. The number of hydrogen-bond donors (Lipinski definition) is 1. The van der Waals surface area contributed by atoms with Crippen LogP contribution in [-0.4, -0.2) is 21.2 Å². The number of rotatable bonds is 5. The lowest BCUT2D eigenvalue weighted by molar-refractivity contribution is -0.124. The predicted octanol–water partition coefficient (Wildman–Crippen LogP) is 4.36. The van der Waals surface area contributed by atoms with E-state index in [1.54, 1.807) is 48.3 Å². The number of carbonyl (C=O) groups is 2. The summed E-state index contributed by atoms with van der Waals surface area (Å²) < 4.78 is 1.69. The van der Waals surface area contributed by atoms with E-state index in [1.165, 1.54) is 0 Å². The van der Waals surface area contributed by atoms with Gasteiger partial charge in [0.25, 0.3) is 0 Å². The Bertz CT molecular complexity index is 1020. The third-order valence-electron chi connectivity index (χ3n) is 5.47. The van der Waals surface area contributed by atoms with Crippen LogP contribution in [0.5, 0.6) is 0 Å². The molecule has 4 rings (SSSR count). The molecular formula is C22H20ClN3O2. The summed E-state index contributed by atoms with van der Waals surface area (Å²) in [5.74, 6) is 0.208. The molecule has 1 aliphatic rings. The van der Waals surface area contributed by atoms with Crippen molar-refractivity contribution in [3.05, 3.63) is 82.9 Å². The fourth-order valence-corrected chi connectivity index (χ4v) is 3.74. The van der Waals surface area contributed by atoms with E-state index >= 15 is 0 Å². The molecule has 0 radical (unpaired) electrons. The van der Waals surface area contributed by atoms with E-state index in [0.717, 1.165) is 24.8 Å². The summed E-state index contributed by atoms with van der Waals surface area (Å²) >= 11 is 5.99. The minimum atomic E-state index is -0.508. The number of halogens is 1. The normalized spacial score (nSPS) is 14.9. The Hall–Kier alpha value is -2.92. The van der Waals surface area contributed by atoms with E-state index in [2.05, 4.69) is 10.3 Å². The molecule has 0 spiro atoms. The molecule has 6 heteroatoms. The Morgan fingerprint density at radius 1 is 1.07 bits per heavy atom. The molecule has 1 amide bonds. The molecular weight excluding hydrogens is 374 g/mol. The van der Waals surface area contributed by atoms with E-state index < -0.39 is 5.41 Å². The molecule has 1 heterocycles. The Balaban J connectivity index is 1.51. The number of imidazole rings is 1. The summed E-state index contributed by atoms with van der Waals surface area (Å²) in [6, 6.07) is 14.4. The maximum Gasteiger partial charge on any atom is 0.235 e. The van der Waals surface area contributed by atoms with Crippen molar-refractivity contribution >= 4 is 29.0 Å². The van der Waals surface area contributed by atoms with Gasteiger partial charge in [0.2, 0.25) is 11.7 Å². The van der Waals surface area contributed by atoms with Gasteiger partial charge in [-0.25, -0.2) is 4.98 Å². The molecule has 1 N–H and O–H groups in total. The van der Waals surface area contributed by atoms with Gasteiger partial charge in [-0.2, -0.15) is 0 Å². The number of aryl methyl sites for hydroxylation is 1. The van der Waals surface area contributed by atoms with Gasteiger partial charge in [-0.05, 0) is 54.8 Å². The Labute approximate surface area is 168 Å². The number of hydrogen-bond acceptors (Lipinski definition) is 3. The maximum absolute atomic E-state index is 13.0. The van der Waals surface area contributed by atoms with Crippen molar-refractivity contribution in [2.24, 2.45) is 7.05 Å². The summed E-state index contributed by atoms with van der Waals surface area (Å²) in [5, 5.41) is 3.66. The zero-order valence-corrected chi connectivity index (χ0v) is 16.2. The van der Waals surface area contributed by atoms with Crippen molar-refractivity contribution in [2.45, 2.75) is 24.7 Å². The number of carbonyl (C=O) groups excluding carboxylic acids is 2. The number of ketones is 1. The Morgan fingerprint density at radius 3 is 2.29 bits per heavy atom. The minimum Gasteiger partial charge on any atom is -0.331 e. The van der Waals surface area contributed by atoms with Crippen LogP contribution in [0.3, 0.4) is 0 Å². The third-order valence-corrected chi connectivity index (χ3v) is 5.72. The third kappa shape index (κ3) is 3.22. The van der Waals surface area contributed by atoms with E-state index in [1.807, 2.05) is 24.3 Å². The quantitative estimate of drug-likeness (QED) is 0.655. The van der Waals surface area contributed by atoms with Crippen LogP contribution in [0, 0.1) is 0 Å². The number of nitrogens with one attached hydrogen (secondary N) is 1. The van der Waals surface area contributed by atoms with Crippen molar-refractivity contribution in [1.29, 1.82) is 0 Å². The average molecular weight is 394 g/mol. The number of anilines is 1. The van der Waals surface area contributed by atoms with Crippen LogP contribution in [0.2, 0.25) is 5.02 Å². The Kier molecular flexibility index (Phi) is 4.77. The van der Waals surface area contributed by atoms with Crippen LogP contribution >= 0.6 is 11.6 Å². The highest BCUT2D eigenvalue weighted by Gasteiger charge is 2.45. The molecule has 1 saturated carbocycles. The highest BCUT2D eigenvalue weighted by Crippen LogP contribution is 2.44. The van der Waals surface area contributed by atoms with Gasteiger partial charge in [-0.15, -0.1) is 0 Å². The largest absolute Gasteiger partial charge is 0.331 e. The van der Waals surface area contributed by atoms with Gasteiger partial charge in [0.05, 0.1) is 5.41 Å². The molecule has 3 aromatic rings. The summed E-state index contributed by atoms with van der Waals surface area (Å²) in [7, 11) is 1.78. The second kappa shape index (κ2) is 7.24. The lowest BCUT2D eigenvalue weighted by Gasteiger charge is -2.40. The van der Waals surface area contributed by atoms with Gasteiger partial charge in [-0.1, -0.05) is 30.2 Å². The first kappa shape index (κ1) is 18.4. The number of nitrogens with zero attached hydrogens (tertiary/aromatic N) is 2. The lowest BCUT2D eigenvalue weighted by Crippen LogP contribution is -2.46. The van der Waals surface area contributed by atoms with Crippen molar-refractivity contribution in [2.75, 3.05) is 5.32 Å². The first-order chi connectivity index (χ1) is 13.5. The van der Waals surface area contributed by atoms with Crippen molar-refractivity contribution < 1.29 is 9.59 Å². The molecule has 0 atom stereocenters. The maximum atomic E-state index is 13.0. The highest BCUT2D eigenvalue weighted by atomic mass is 35.5. The molecule has 0 bridgehead atoms. The van der Waals surface area contributed by atoms with E-state index in [4.69, 9.17) is 11.6 Å². The van der Waals surface area contributed by atoms with Crippen molar-refractivity contribution in [1.82, 2.24) is 9.55 Å². The molecule has 5 nitrogen and oxygen atoms in total. The lowest BCUT2D eigenvalue weighted by atomic mass is 9.64. The number of benzene rings is 2. The summed E-state index contributed by atoms with van der Waals surface area (Å²) in [6.07, 6.45) is 5.98. The van der Waals surface area contributed by atoms with Gasteiger partial charge in [0.15, 0.2) is 5.82 Å². The zero-order chi connectivity index (χ0) is 19.7. The number of amides is 1. The first-order valence-electron chi connectivity index (χ1n) is 9.19. The van der Waals surface area contributed by atoms with Gasteiger partial charge in [-0.3, -0.25) is 9.59 Å². The smallest absolute Gasteiger partial charge is 0.235 e. The van der Waals surface area contributed by atoms with Crippen molar-refractivity contribution in [3.8, 4) is 0 Å². The molecule has 1 aromatic heterocycles. The standard InChI is InChI=1S/C22H20ClN3O2/c1-26-14-13-24-20(26)19(27)15-3-9-18(10-4-15)25-21(28)22(11-2-12-22)16-5-7-17(23)8-6-16/h3-10,13-14H,2,11-12H2,1H3,(H,25,28). The molecule has 0 unspecified atom stereocenters. The summed E-state index contributed by atoms with van der Waals surface area (Å²) in [4.78, 5) is 29.6. The van der Waals surface area contributed by atoms with Crippen LogP contribution in [0.25, 0.3) is 0 Å². The van der Waals surface area contributed by atoms with Gasteiger partial charge >= 0.3 is 0 Å². The van der Waals surface area contributed by atoms with E-state index in [9.17, 15) is 9.59 Å². The molecule has 1 aliphatic carbocycles. The SMILES string of the molecule is Cn1ccnc1C(=O)c1ccc(NC(=O)C2(c3ccc(Cl)cc3)CCC2)cc1. The predicted molar refractivity (Wildman–Crippen MR) is 109 cm³/mol. The first-order valence-corrected chi connectivity index (χ1v) is 9.57. The van der Waals surface area contributed by atoms with Gasteiger partial charge in [0.1, 0.15) is 0 Å². The van der Waals surface area contributed by atoms with Crippen LogP contribution < -0.4 is 5.32 Å². The average Bonchev–Trinajstić information content (AvgIpc) is 3.08. The van der Waals surface area contributed by atoms with Crippen LogP contribution in [0.4, 0.5) is 5.69 Å². The topological polar surface area (TPSA) is 64.0 Å². The number of aromatic nitrogens is 2. The van der Waals surface area contributed by atoms with Crippen LogP contribution in [0.1, 0.15) is 41.0 Å². The molecule has 0 aliphatic heterocycles. The highest BCUT2D eigenvalue weighted by molar-refractivity contribution is 6.30. The zero-order valence-electron chi connectivity index (χ0n) is 15.5. The molecule has 142 valence electrons. The Morgan fingerprint density at radius 2 is 1.75 bits per heavy atom. The molecule has 28 heavy (non-hydrogen) atoms. The molecule has 2 aromatic carbocycles. The second-order valence-corrected chi connectivity index (χ2v) is 7.60. The minimum absolute atomic E-state index is 0.0238. The summed E-state index contributed by atoms with van der Waals surface area (Å²) in [5.41, 5.74) is 1.68. The van der Waals surface area contributed by atoms with E-state index in [-0.39, 0.29) is 11.7 Å². The van der Waals surface area contributed by atoms with Gasteiger partial charge in [0, 0.05) is 35.7 Å². The molecule has 1 fully saturated rings. The monoisotopic (exact) mass is 393 g/mol.